The van der Waals surface area contributed by atoms with E-state index in [-0.39, 0.29) is 6.10 Å². The van der Waals surface area contributed by atoms with E-state index in [1.165, 1.54) is 0 Å². The Hall–Kier alpha value is -1.22. The fourth-order valence-electron chi connectivity index (χ4n) is 1.34. The Kier molecular flexibility index (Phi) is 3.77. The second-order valence-electron chi connectivity index (χ2n) is 3.23. The summed E-state index contributed by atoms with van der Waals surface area (Å²) >= 11 is 0. The van der Waals surface area contributed by atoms with Gasteiger partial charge >= 0.3 is 0 Å². The molecule has 0 aliphatic carbocycles. The van der Waals surface area contributed by atoms with Gasteiger partial charge in [-0.3, -0.25) is 0 Å². The van der Waals surface area contributed by atoms with Gasteiger partial charge < -0.3 is 14.6 Å². The summed E-state index contributed by atoms with van der Waals surface area (Å²) in [6.07, 6.45) is 0.227. The Morgan fingerprint density at radius 2 is 2.00 bits per heavy atom. The molecule has 0 aliphatic heterocycles. The fraction of sp³-hybridized carbons (Fsp3) is 0.455. The highest BCUT2D eigenvalue weighted by Gasteiger charge is 2.07. The summed E-state index contributed by atoms with van der Waals surface area (Å²) in [5.74, 6) is 1.52. The summed E-state index contributed by atoms with van der Waals surface area (Å²) in [5.41, 5.74) is 0.989. The maximum absolute atomic E-state index is 9.27. The van der Waals surface area contributed by atoms with E-state index in [2.05, 4.69) is 0 Å². The zero-order chi connectivity index (χ0) is 10.6. The Morgan fingerprint density at radius 1 is 1.29 bits per heavy atom. The molecule has 0 heterocycles. The summed E-state index contributed by atoms with van der Waals surface area (Å²) in [6, 6.07) is 5.59. The van der Waals surface area contributed by atoms with Gasteiger partial charge in [0.05, 0.1) is 20.3 Å². The predicted molar refractivity (Wildman–Crippen MR) is 54.9 cm³/mol. The lowest BCUT2D eigenvalue weighted by molar-refractivity contribution is 0.194. The Balaban J connectivity index is 2.93. The zero-order valence-corrected chi connectivity index (χ0v) is 8.78. The number of hydrogen-bond donors (Lipinski definition) is 1. The number of ether oxygens (including phenoxy) is 2. The molecular weight excluding hydrogens is 180 g/mol. The maximum Gasteiger partial charge on any atom is 0.125 e. The first-order valence-corrected chi connectivity index (χ1v) is 4.56. The van der Waals surface area contributed by atoms with Crippen LogP contribution in [0.4, 0.5) is 0 Å². The van der Waals surface area contributed by atoms with Crippen molar-refractivity contribution >= 4 is 0 Å². The van der Waals surface area contributed by atoms with Gasteiger partial charge in [0.2, 0.25) is 0 Å². The smallest absolute Gasteiger partial charge is 0.125 e. The van der Waals surface area contributed by atoms with Crippen molar-refractivity contribution in [3.8, 4) is 11.5 Å². The molecule has 0 saturated heterocycles. The van der Waals surface area contributed by atoms with E-state index in [1.807, 2.05) is 18.2 Å². The van der Waals surface area contributed by atoms with Crippen LogP contribution in [0.1, 0.15) is 12.5 Å². The molecule has 0 aliphatic rings. The van der Waals surface area contributed by atoms with Crippen molar-refractivity contribution in [1.82, 2.24) is 0 Å². The summed E-state index contributed by atoms with van der Waals surface area (Å²) in [5, 5.41) is 9.27. The van der Waals surface area contributed by atoms with Crippen LogP contribution in [0, 0.1) is 0 Å². The van der Waals surface area contributed by atoms with Crippen molar-refractivity contribution in [3.63, 3.8) is 0 Å². The second kappa shape index (κ2) is 4.86. The molecule has 0 spiro atoms. The number of aliphatic hydroxyl groups excluding tert-OH is 1. The molecule has 0 unspecified atom stereocenters. The highest BCUT2D eigenvalue weighted by atomic mass is 16.5. The molecule has 0 radical (unpaired) electrons. The summed E-state index contributed by atoms with van der Waals surface area (Å²) in [4.78, 5) is 0. The zero-order valence-electron chi connectivity index (χ0n) is 8.78. The van der Waals surface area contributed by atoms with E-state index in [1.54, 1.807) is 21.1 Å². The van der Waals surface area contributed by atoms with Crippen LogP contribution in [-0.2, 0) is 6.42 Å². The molecule has 1 aromatic carbocycles. The SMILES string of the molecule is COc1ccc(C[C@@H](C)O)c(OC)c1. The van der Waals surface area contributed by atoms with E-state index in [0.29, 0.717) is 6.42 Å². The first kappa shape index (κ1) is 10.9. The van der Waals surface area contributed by atoms with Crippen LogP contribution in [-0.4, -0.2) is 25.4 Å². The van der Waals surface area contributed by atoms with Crippen molar-refractivity contribution in [1.29, 1.82) is 0 Å². The first-order valence-electron chi connectivity index (χ1n) is 4.56. The summed E-state index contributed by atoms with van der Waals surface area (Å²) < 4.78 is 10.3. The average Bonchev–Trinajstić information content (AvgIpc) is 2.17. The monoisotopic (exact) mass is 196 g/mol. The molecule has 1 rings (SSSR count). The number of aliphatic hydroxyl groups is 1. The van der Waals surface area contributed by atoms with Crippen molar-refractivity contribution in [2.45, 2.75) is 19.4 Å². The Labute approximate surface area is 84.3 Å². The molecule has 3 heteroatoms. The third-order valence-corrected chi connectivity index (χ3v) is 2.01. The quantitative estimate of drug-likeness (QED) is 0.795. The summed E-state index contributed by atoms with van der Waals surface area (Å²) in [7, 11) is 3.23. The molecule has 0 fully saturated rings. The van der Waals surface area contributed by atoms with Crippen molar-refractivity contribution in [2.75, 3.05) is 14.2 Å². The third kappa shape index (κ3) is 2.64. The predicted octanol–water partition coefficient (Wildman–Crippen LogP) is 1.63. The molecule has 1 atom stereocenters. The van der Waals surface area contributed by atoms with E-state index in [9.17, 15) is 5.11 Å². The minimum absolute atomic E-state index is 0.364. The standard InChI is InChI=1S/C11H16O3/c1-8(12)6-9-4-5-10(13-2)7-11(9)14-3/h4-5,7-8,12H,6H2,1-3H3/t8-/m1/s1. The van der Waals surface area contributed by atoms with E-state index >= 15 is 0 Å². The molecule has 14 heavy (non-hydrogen) atoms. The molecule has 0 aromatic heterocycles. The average molecular weight is 196 g/mol. The van der Waals surface area contributed by atoms with Gasteiger partial charge in [0.1, 0.15) is 11.5 Å². The van der Waals surface area contributed by atoms with Crippen LogP contribution < -0.4 is 9.47 Å². The molecule has 0 bridgehead atoms. The van der Waals surface area contributed by atoms with Crippen LogP contribution >= 0.6 is 0 Å². The minimum atomic E-state index is -0.364. The van der Waals surface area contributed by atoms with Gasteiger partial charge in [-0.05, 0) is 18.6 Å². The lowest BCUT2D eigenvalue weighted by atomic mass is 10.1. The minimum Gasteiger partial charge on any atom is -0.497 e. The number of methoxy groups -OCH3 is 2. The molecule has 3 nitrogen and oxygen atoms in total. The number of hydrogen-bond acceptors (Lipinski definition) is 3. The van der Waals surface area contributed by atoms with Crippen LogP contribution in [0.25, 0.3) is 0 Å². The normalized spacial score (nSPS) is 12.3. The van der Waals surface area contributed by atoms with Crippen LogP contribution in [0.3, 0.4) is 0 Å². The van der Waals surface area contributed by atoms with E-state index < -0.39 is 0 Å². The molecule has 0 amide bonds. The molecule has 78 valence electrons. The Bertz CT molecular complexity index is 295. The van der Waals surface area contributed by atoms with Gasteiger partial charge in [0.25, 0.3) is 0 Å². The molecule has 0 saturated carbocycles. The summed E-state index contributed by atoms with van der Waals surface area (Å²) in [6.45, 7) is 1.75. The highest BCUT2D eigenvalue weighted by Crippen LogP contribution is 2.25. The Morgan fingerprint density at radius 3 is 2.50 bits per heavy atom. The van der Waals surface area contributed by atoms with E-state index in [0.717, 1.165) is 17.1 Å². The molecule has 1 aromatic rings. The van der Waals surface area contributed by atoms with Gasteiger partial charge in [0, 0.05) is 12.5 Å². The van der Waals surface area contributed by atoms with Crippen LogP contribution in [0.5, 0.6) is 11.5 Å². The van der Waals surface area contributed by atoms with Gasteiger partial charge in [-0.2, -0.15) is 0 Å². The van der Waals surface area contributed by atoms with Crippen LogP contribution in [0.15, 0.2) is 18.2 Å². The fourth-order valence-corrected chi connectivity index (χ4v) is 1.34. The first-order chi connectivity index (χ1) is 6.67. The third-order valence-electron chi connectivity index (χ3n) is 2.01. The molecular formula is C11H16O3. The van der Waals surface area contributed by atoms with Gasteiger partial charge in [-0.25, -0.2) is 0 Å². The lowest BCUT2D eigenvalue weighted by Crippen LogP contribution is -2.05. The van der Waals surface area contributed by atoms with Crippen molar-refractivity contribution in [3.05, 3.63) is 23.8 Å². The van der Waals surface area contributed by atoms with Gasteiger partial charge in [-0.15, -0.1) is 0 Å². The van der Waals surface area contributed by atoms with Crippen molar-refractivity contribution in [2.24, 2.45) is 0 Å². The van der Waals surface area contributed by atoms with Crippen molar-refractivity contribution < 1.29 is 14.6 Å². The second-order valence-corrected chi connectivity index (χ2v) is 3.23. The van der Waals surface area contributed by atoms with Crippen LogP contribution in [0.2, 0.25) is 0 Å². The van der Waals surface area contributed by atoms with Gasteiger partial charge in [0.15, 0.2) is 0 Å². The largest absolute Gasteiger partial charge is 0.497 e. The molecule has 1 N–H and O–H groups in total. The van der Waals surface area contributed by atoms with E-state index in [4.69, 9.17) is 9.47 Å². The maximum atomic E-state index is 9.27. The highest BCUT2D eigenvalue weighted by molar-refractivity contribution is 5.40. The number of rotatable bonds is 4. The van der Waals surface area contributed by atoms with Gasteiger partial charge in [-0.1, -0.05) is 6.07 Å². The number of benzene rings is 1. The topological polar surface area (TPSA) is 38.7 Å². The lowest BCUT2D eigenvalue weighted by Gasteiger charge is -2.11.